The van der Waals surface area contributed by atoms with Crippen LogP contribution in [-0.4, -0.2) is 43.1 Å². The van der Waals surface area contributed by atoms with Crippen molar-refractivity contribution in [2.75, 3.05) is 27.2 Å². The largest absolute Gasteiger partial charge is 0.469 e. The van der Waals surface area contributed by atoms with Gasteiger partial charge in [0.05, 0.1) is 12.5 Å². The summed E-state index contributed by atoms with van der Waals surface area (Å²) in [6, 6.07) is 4.07. The molecule has 0 amide bonds. The van der Waals surface area contributed by atoms with Crippen molar-refractivity contribution >= 4 is 5.97 Å². The van der Waals surface area contributed by atoms with Crippen molar-refractivity contribution in [2.45, 2.75) is 25.7 Å². The van der Waals surface area contributed by atoms with Crippen molar-refractivity contribution in [1.29, 1.82) is 0 Å². The van der Waals surface area contributed by atoms with Crippen LogP contribution in [-0.2, 0) is 16.0 Å². The molecule has 1 aliphatic rings. The van der Waals surface area contributed by atoms with Gasteiger partial charge in [0.2, 0.25) is 0 Å². The summed E-state index contributed by atoms with van der Waals surface area (Å²) in [4.78, 5) is 18.1. The van der Waals surface area contributed by atoms with Gasteiger partial charge in [-0.05, 0) is 44.0 Å². The van der Waals surface area contributed by atoms with Gasteiger partial charge in [0.1, 0.15) is 0 Å². The Labute approximate surface area is 114 Å². The van der Waals surface area contributed by atoms with Crippen LogP contribution < -0.4 is 0 Å². The Balaban J connectivity index is 1.83. The molecule has 104 valence electrons. The average Bonchev–Trinajstić information content (AvgIpc) is 2.41. The van der Waals surface area contributed by atoms with Gasteiger partial charge in [-0.25, -0.2) is 0 Å². The van der Waals surface area contributed by atoms with Gasteiger partial charge in [-0.1, -0.05) is 6.42 Å². The van der Waals surface area contributed by atoms with E-state index in [1.165, 1.54) is 12.7 Å². The molecule has 0 unspecified atom stereocenters. The highest BCUT2D eigenvalue weighted by Gasteiger charge is 2.45. The minimum absolute atomic E-state index is 0.0467. The van der Waals surface area contributed by atoms with Gasteiger partial charge in [-0.15, -0.1) is 0 Å². The SMILES string of the molecule is COC(=O)C1(CN(C)CCc2ccncc2)CCC1. The molecule has 1 saturated carbocycles. The van der Waals surface area contributed by atoms with E-state index in [2.05, 4.69) is 16.9 Å². The molecule has 1 heterocycles. The smallest absolute Gasteiger partial charge is 0.313 e. The number of ether oxygens (including phenoxy) is 1. The number of carbonyl (C=O) groups excluding carboxylic acids is 1. The molecule has 0 atom stereocenters. The molecule has 1 aromatic heterocycles. The Kier molecular flexibility index (Phi) is 4.53. The minimum atomic E-state index is -0.248. The van der Waals surface area contributed by atoms with Gasteiger partial charge >= 0.3 is 5.97 Å². The van der Waals surface area contributed by atoms with Crippen LogP contribution >= 0.6 is 0 Å². The molecular weight excluding hydrogens is 240 g/mol. The quantitative estimate of drug-likeness (QED) is 0.734. The average molecular weight is 262 g/mol. The molecule has 4 nitrogen and oxygen atoms in total. The summed E-state index contributed by atoms with van der Waals surface area (Å²) in [6.07, 6.45) is 7.66. The van der Waals surface area contributed by atoms with E-state index in [0.717, 1.165) is 38.8 Å². The highest BCUT2D eigenvalue weighted by Crippen LogP contribution is 2.42. The normalized spacial score (nSPS) is 17.0. The second kappa shape index (κ2) is 6.15. The third kappa shape index (κ3) is 3.32. The molecule has 1 aliphatic carbocycles. The highest BCUT2D eigenvalue weighted by atomic mass is 16.5. The van der Waals surface area contributed by atoms with E-state index in [9.17, 15) is 4.79 Å². The topological polar surface area (TPSA) is 42.4 Å². The molecule has 2 rings (SSSR count). The van der Waals surface area contributed by atoms with E-state index in [-0.39, 0.29) is 11.4 Å². The Bertz CT molecular complexity index is 415. The van der Waals surface area contributed by atoms with Gasteiger partial charge in [-0.3, -0.25) is 9.78 Å². The maximum Gasteiger partial charge on any atom is 0.313 e. The number of hydrogen-bond donors (Lipinski definition) is 0. The third-order valence-corrected chi connectivity index (χ3v) is 4.03. The first-order valence-corrected chi connectivity index (χ1v) is 6.82. The van der Waals surface area contributed by atoms with Crippen molar-refractivity contribution in [1.82, 2.24) is 9.88 Å². The number of likely N-dealkylation sites (N-methyl/N-ethyl adjacent to an activating group) is 1. The number of pyridine rings is 1. The highest BCUT2D eigenvalue weighted by molar-refractivity contribution is 5.78. The first-order valence-electron chi connectivity index (χ1n) is 6.82. The standard InChI is InChI=1S/C15H22N2O2/c1-17(11-6-13-4-9-16-10-5-13)12-15(7-3-8-15)14(18)19-2/h4-5,9-10H,3,6-8,11-12H2,1-2H3. The summed E-state index contributed by atoms with van der Waals surface area (Å²) in [5.41, 5.74) is 1.03. The molecule has 4 heteroatoms. The van der Waals surface area contributed by atoms with Gasteiger partial charge < -0.3 is 9.64 Å². The van der Waals surface area contributed by atoms with Crippen molar-refractivity contribution in [3.05, 3.63) is 30.1 Å². The number of hydrogen-bond acceptors (Lipinski definition) is 4. The lowest BCUT2D eigenvalue weighted by Crippen LogP contribution is -2.47. The number of aromatic nitrogens is 1. The zero-order valence-corrected chi connectivity index (χ0v) is 11.8. The van der Waals surface area contributed by atoms with Crippen LogP contribution in [0, 0.1) is 5.41 Å². The Morgan fingerprint density at radius 2 is 2.11 bits per heavy atom. The molecular formula is C15H22N2O2. The van der Waals surface area contributed by atoms with E-state index in [0.29, 0.717) is 0 Å². The zero-order valence-electron chi connectivity index (χ0n) is 11.8. The monoisotopic (exact) mass is 262 g/mol. The fraction of sp³-hybridized carbons (Fsp3) is 0.600. The van der Waals surface area contributed by atoms with E-state index in [4.69, 9.17) is 4.74 Å². The van der Waals surface area contributed by atoms with Crippen LogP contribution in [0.1, 0.15) is 24.8 Å². The fourth-order valence-electron chi connectivity index (χ4n) is 2.71. The van der Waals surface area contributed by atoms with E-state index >= 15 is 0 Å². The summed E-state index contributed by atoms with van der Waals surface area (Å²) in [7, 11) is 3.56. The molecule has 0 aromatic carbocycles. The second-order valence-corrected chi connectivity index (χ2v) is 5.47. The molecule has 0 bridgehead atoms. The number of esters is 1. The Morgan fingerprint density at radius 3 is 2.63 bits per heavy atom. The summed E-state index contributed by atoms with van der Waals surface area (Å²) in [6.45, 7) is 1.74. The van der Waals surface area contributed by atoms with E-state index in [1.54, 1.807) is 0 Å². The molecule has 0 saturated heterocycles. The van der Waals surface area contributed by atoms with Gasteiger partial charge in [-0.2, -0.15) is 0 Å². The van der Waals surface area contributed by atoms with Crippen LogP contribution in [0.15, 0.2) is 24.5 Å². The first kappa shape index (κ1) is 14.0. The van der Waals surface area contributed by atoms with Gasteiger partial charge in [0, 0.05) is 25.5 Å². The van der Waals surface area contributed by atoms with Crippen molar-refractivity contribution in [3.63, 3.8) is 0 Å². The summed E-state index contributed by atoms with van der Waals surface area (Å²) in [5, 5.41) is 0. The van der Waals surface area contributed by atoms with Crippen LogP contribution in [0.5, 0.6) is 0 Å². The number of rotatable bonds is 6. The van der Waals surface area contributed by atoms with Crippen LogP contribution in [0.2, 0.25) is 0 Å². The Hall–Kier alpha value is -1.42. The predicted molar refractivity (Wildman–Crippen MR) is 73.7 cm³/mol. The van der Waals surface area contributed by atoms with E-state index < -0.39 is 0 Å². The van der Waals surface area contributed by atoms with Crippen LogP contribution in [0.3, 0.4) is 0 Å². The molecule has 0 aliphatic heterocycles. The van der Waals surface area contributed by atoms with Gasteiger partial charge in [0.25, 0.3) is 0 Å². The minimum Gasteiger partial charge on any atom is -0.469 e. The molecule has 1 fully saturated rings. The summed E-state index contributed by atoms with van der Waals surface area (Å²) >= 11 is 0. The van der Waals surface area contributed by atoms with Crippen molar-refractivity contribution in [2.24, 2.45) is 5.41 Å². The number of methoxy groups -OCH3 is 1. The summed E-state index contributed by atoms with van der Waals surface area (Å²) in [5.74, 6) is -0.0467. The lowest BCUT2D eigenvalue weighted by atomic mass is 9.68. The second-order valence-electron chi connectivity index (χ2n) is 5.47. The molecule has 19 heavy (non-hydrogen) atoms. The predicted octanol–water partition coefficient (Wildman–Crippen LogP) is 1.90. The molecule has 0 radical (unpaired) electrons. The lowest BCUT2D eigenvalue weighted by Gasteiger charge is -2.41. The number of nitrogens with zero attached hydrogens (tertiary/aromatic N) is 2. The van der Waals surface area contributed by atoms with Gasteiger partial charge in [0.15, 0.2) is 0 Å². The number of carbonyl (C=O) groups is 1. The molecule has 0 N–H and O–H groups in total. The Morgan fingerprint density at radius 1 is 1.42 bits per heavy atom. The molecule has 0 spiro atoms. The maximum atomic E-state index is 11.9. The summed E-state index contributed by atoms with van der Waals surface area (Å²) < 4.78 is 4.95. The fourth-order valence-corrected chi connectivity index (χ4v) is 2.71. The van der Waals surface area contributed by atoms with Crippen molar-refractivity contribution in [3.8, 4) is 0 Å². The third-order valence-electron chi connectivity index (χ3n) is 4.03. The first-order chi connectivity index (χ1) is 9.16. The van der Waals surface area contributed by atoms with Crippen molar-refractivity contribution < 1.29 is 9.53 Å². The zero-order chi connectivity index (χ0) is 13.7. The maximum absolute atomic E-state index is 11.9. The lowest BCUT2D eigenvalue weighted by molar-refractivity contribution is -0.159. The van der Waals surface area contributed by atoms with Crippen LogP contribution in [0.4, 0.5) is 0 Å². The molecule has 1 aromatic rings. The van der Waals surface area contributed by atoms with E-state index in [1.807, 2.05) is 24.5 Å². The van der Waals surface area contributed by atoms with Crippen LogP contribution in [0.25, 0.3) is 0 Å².